The first kappa shape index (κ1) is 8.70. The lowest BCUT2D eigenvalue weighted by molar-refractivity contribution is 1.58. The van der Waals surface area contributed by atoms with Crippen LogP contribution < -0.4 is 0 Å². The Bertz CT molecular complexity index is 179. The maximum atomic E-state index is 6.50. The largest absolute Gasteiger partial charge is 0.202 e. The van der Waals surface area contributed by atoms with Gasteiger partial charge in [0, 0.05) is 12.0 Å². The standard InChI is InChI=1S/C3HCl2NS.CHN/c4-2-1-7-6-3(2)5;1-2/h1H;1H. The van der Waals surface area contributed by atoms with E-state index in [1.165, 1.54) is 11.5 Å². The third-order valence-corrected chi connectivity index (χ3v) is 2.02. The van der Waals surface area contributed by atoms with Gasteiger partial charge >= 0.3 is 0 Å². The summed E-state index contributed by atoms with van der Waals surface area (Å²) in [6.07, 6.45) is 0. The molecule has 0 saturated carbocycles. The van der Waals surface area contributed by atoms with Gasteiger partial charge in [0.2, 0.25) is 0 Å². The Kier molecular flexibility index (Phi) is 4.41. The highest BCUT2D eigenvalue weighted by Gasteiger charge is 1.94. The summed E-state index contributed by atoms with van der Waals surface area (Å²) in [6.45, 7) is 3.50. The van der Waals surface area contributed by atoms with Crippen LogP contribution in [-0.4, -0.2) is 4.37 Å². The molecule has 0 fully saturated rings. The van der Waals surface area contributed by atoms with Crippen molar-refractivity contribution >= 4 is 34.7 Å². The molecule has 1 aromatic heterocycles. The summed E-state index contributed by atoms with van der Waals surface area (Å²) in [7, 11) is 0. The van der Waals surface area contributed by atoms with Crippen LogP contribution >= 0.6 is 34.7 Å². The first-order valence-corrected chi connectivity index (χ1v) is 3.41. The van der Waals surface area contributed by atoms with E-state index in [0.29, 0.717) is 10.2 Å². The molecule has 0 amide bonds. The molecule has 1 rings (SSSR count). The minimum Gasteiger partial charge on any atom is -0.202 e. The molecular weight excluding hydrogens is 179 g/mol. The SMILES string of the molecule is C#N.Clc1csnc1Cl. The first-order valence-electron chi connectivity index (χ1n) is 1.82. The van der Waals surface area contributed by atoms with Gasteiger partial charge in [-0.3, -0.25) is 0 Å². The van der Waals surface area contributed by atoms with E-state index in [1.807, 2.05) is 0 Å². The average Bonchev–Trinajstić information content (AvgIpc) is 2.23. The van der Waals surface area contributed by atoms with Gasteiger partial charge in [0.05, 0.1) is 5.02 Å². The molecule has 5 heteroatoms. The summed E-state index contributed by atoms with van der Waals surface area (Å²) in [5.74, 6) is 0. The monoisotopic (exact) mass is 180 g/mol. The number of nitriles is 1. The Morgan fingerprint density at radius 2 is 2.11 bits per heavy atom. The van der Waals surface area contributed by atoms with E-state index in [1.54, 1.807) is 5.38 Å². The van der Waals surface area contributed by atoms with Crippen molar-refractivity contribution in [1.29, 1.82) is 5.26 Å². The Morgan fingerprint density at radius 3 is 2.22 bits per heavy atom. The molecular formula is C4H2Cl2N2S. The van der Waals surface area contributed by atoms with E-state index < -0.39 is 0 Å². The Morgan fingerprint density at radius 1 is 1.56 bits per heavy atom. The van der Waals surface area contributed by atoms with Crippen molar-refractivity contribution in [3.8, 4) is 6.57 Å². The van der Waals surface area contributed by atoms with E-state index in [0.717, 1.165) is 0 Å². The minimum atomic E-state index is 0.395. The zero-order valence-electron chi connectivity index (χ0n) is 4.21. The Hall–Kier alpha value is -0.300. The molecule has 0 unspecified atom stereocenters. The van der Waals surface area contributed by atoms with Crippen molar-refractivity contribution in [2.45, 2.75) is 0 Å². The zero-order chi connectivity index (χ0) is 7.28. The molecule has 0 atom stereocenters. The quantitative estimate of drug-likeness (QED) is 0.616. The Balaban J connectivity index is 0.000000291. The first-order chi connectivity index (χ1) is 4.30. The zero-order valence-corrected chi connectivity index (χ0v) is 6.54. The maximum absolute atomic E-state index is 6.50. The van der Waals surface area contributed by atoms with Crippen molar-refractivity contribution < 1.29 is 0 Å². The molecule has 1 heterocycles. The van der Waals surface area contributed by atoms with Crippen LogP contribution in [0.5, 0.6) is 0 Å². The molecule has 48 valence electrons. The van der Waals surface area contributed by atoms with Crippen LogP contribution in [0.2, 0.25) is 10.2 Å². The van der Waals surface area contributed by atoms with Crippen molar-refractivity contribution in [3.63, 3.8) is 0 Å². The van der Waals surface area contributed by atoms with Crippen molar-refractivity contribution in [2.75, 3.05) is 0 Å². The number of aromatic nitrogens is 1. The van der Waals surface area contributed by atoms with Crippen LogP contribution in [0, 0.1) is 11.8 Å². The van der Waals surface area contributed by atoms with Crippen molar-refractivity contribution in [3.05, 3.63) is 15.6 Å². The van der Waals surface area contributed by atoms with Gasteiger partial charge in [-0.2, -0.15) is 4.37 Å². The highest BCUT2D eigenvalue weighted by Crippen LogP contribution is 2.20. The predicted octanol–water partition coefficient (Wildman–Crippen LogP) is 2.59. The van der Waals surface area contributed by atoms with E-state index >= 15 is 0 Å². The molecule has 0 aliphatic carbocycles. The lowest BCUT2D eigenvalue weighted by Crippen LogP contribution is -1.52. The number of halogens is 2. The molecule has 0 aliphatic heterocycles. The normalized spacial score (nSPS) is 7.56. The Labute approximate surface area is 66.8 Å². The molecule has 0 spiro atoms. The van der Waals surface area contributed by atoms with Crippen LogP contribution in [0.15, 0.2) is 5.38 Å². The van der Waals surface area contributed by atoms with E-state index in [2.05, 4.69) is 10.9 Å². The maximum Gasteiger partial charge on any atom is 0.161 e. The summed E-state index contributed by atoms with van der Waals surface area (Å²) >= 11 is 12.1. The van der Waals surface area contributed by atoms with Gasteiger partial charge < -0.3 is 0 Å². The van der Waals surface area contributed by atoms with Gasteiger partial charge in [-0.25, -0.2) is 5.26 Å². The summed E-state index contributed by atoms with van der Waals surface area (Å²) < 4.78 is 3.69. The molecule has 0 radical (unpaired) electrons. The fourth-order valence-corrected chi connectivity index (χ4v) is 1.11. The molecule has 1 aromatic rings. The average molecular weight is 181 g/mol. The van der Waals surface area contributed by atoms with Crippen molar-refractivity contribution in [1.82, 2.24) is 4.37 Å². The molecule has 0 bridgehead atoms. The lowest BCUT2D eigenvalue weighted by Gasteiger charge is -1.71. The number of hydrogen-bond acceptors (Lipinski definition) is 3. The molecule has 0 saturated heterocycles. The fraction of sp³-hybridized carbons (Fsp3) is 0. The highest BCUT2D eigenvalue weighted by molar-refractivity contribution is 7.04. The van der Waals surface area contributed by atoms with Gasteiger partial charge in [-0.05, 0) is 11.5 Å². The summed E-state index contributed by atoms with van der Waals surface area (Å²) in [6, 6.07) is 0. The molecule has 0 N–H and O–H groups in total. The van der Waals surface area contributed by atoms with E-state index in [-0.39, 0.29) is 0 Å². The fourth-order valence-electron chi connectivity index (χ4n) is 0.211. The van der Waals surface area contributed by atoms with Crippen LogP contribution in [0.25, 0.3) is 0 Å². The highest BCUT2D eigenvalue weighted by atomic mass is 35.5. The van der Waals surface area contributed by atoms with E-state index in [4.69, 9.17) is 28.5 Å². The van der Waals surface area contributed by atoms with Crippen LogP contribution in [-0.2, 0) is 0 Å². The number of rotatable bonds is 0. The number of hydrogen-bond donors (Lipinski definition) is 0. The second-order valence-electron chi connectivity index (χ2n) is 0.953. The van der Waals surface area contributed by atoms with Crippen LogP contribution in [0.4, 0.5) is 0 Å². The summed E-state index contributed by atoms with van der Waals surface area (Å²) in [4.78, 5) is 0. The predicted molar refractivity (Wildman–Crippen MR) is 38.8 cm³/mol. The summed E-state index contributed by atoms with van der Waals surface area (Å²) in [5, 5.41) is 9.11. The molecule has 9 heavy (non-hydrogen) atoms. The number of nitrogens with zero attached hydrogens (tertiary/aromatic N) is 2. The molecule has 2 nitrogen and oxygen atoms in total. The smallest absolute Gasteiger partial charge is 0.161 e. The minimum absolute atomic E-state index is 0.395. The lowest BCUT2D eigenvalue weighted by atomic mass is 10.8. The van der Waals surface area contributed by atoms with E-state index in [9.17, 15) is 0 Å². The van der Waals surface area contributed by atoms with Gasteiger partial charge in [0.15, 0.2) is 5.15 Å². The summed E-state index contributed by atoms with van der Waals surface area (Å²) in [5.41, 5.74) is 0. The van der Waals surface area contributed by atoms with Gasteiger partial charge in [0.1, 0.15) is 0 Å². The van der Waals surface area contributed by atoms with Gasteiger partial charge in [0.25, 0.3) is 0 Å². The van der Waals surface area contributed by atoms with Gasteiger partial charge in [-0.1, -0.05) is 23.2 Å². The second-order valence-corrected chi connectivity index (χ2v) is 2.35. The third kappa shape index (κ3) is 2.66. The topological polar surface area (TPSA) is 36.7 Å². The third-order valence-electron chi connectivity index (χ3n) is 0.486. The van der Waals surface area contributed by atoms with Crippen LogP contribution in [0.3, 0.4) is 0 Å². The second kappa shape index (κ2) is 4.57. The molecule has 0 aliphatic rings. The van der Waals surface area contributed by atoms with Crippen molar-refractivity contribution in [2.24, 2.45) is 0 Å². The molecule has 0 aromatic carbocycles. The van der Waals surface area contributed by atoms with Crippen LogP contribution in [0.1, 0.15) is 0 Å². The van der Waals surface area contributed by atoms with Gasteiger partial charge in [-0.15, -0.1) is 0 Å².